The zero-order valence-corrected chi connectivity index (χ0v) is 8.44. The maximum atomic E-state index is 6.94. The van der Waals surface area contributed by atoms with Gasteiger partial charge in [0.05, 0.1) is 0 Å². The fourth-order valence-electron chi connectivity index (χ4n) is 1.25. The van der Waals surface area contributed by atoms with Gasteiger partial charge in [0.25, 0.3) is 0 Å². The average molecular weight is 203 g/mol. The average Bonchev–Trinajstić information content (AvgIpc) is 2.39. The van der Waals surface area contributed by atoms with E-state index in [9.17, 15) is 0 Å². The molecule has 0 aliphatic carbocycles. The van der Waals surface area contributed by atoms with E-state index in [4.69, 9.17) is 12.8 Å². The molecule has 0 aromatic carbocycles. The zero-order valence-electron chi connectivity index (χ0n) is 8.44. The summed E-state index contributed by atoms with van der Waals surface area (Å²) in [5.74, 6) is 4.77. The monoisotopic (exact) mass is 203 g/mol. The van der Waals surface area contributed by atoms with Crippen LogP contribution in [0.5, 0.6) is 0 Å². The number of aromatic nitrogens is 2. The molecule has 0 spiro atoms. The molecule has 0 aliphatic rings. The number of rotatable bonds is 1. The van der Waals surface area contributed by atoms with Crippen molar-refractivity contribution < 1.29 is 0 Å². The van der Waals surface area contributed by atoms with Crippen LogP contribution in [0.1, 0.15) is 11.1 Å². The molecule has 2 rings (SSSR count). The summed E-state index contributed by atoms with van der Waals surface area (Å²) in [6.07, 6.45) is 15.4. The molecule has 0 aliphatic heterocycles. The standard InChI is InChI=1S/C14H7N2/c1-3-11-5-7-13(15-9-11)14-8-6-12(4-2)10-16-14/h1,5-10H/q+1. The van der Waals surface area contributed by atoms with Crippen molar-refractivity contribution in [3.8, 4) is 29.7 Å². The van der Waals surface area contributed by atoms with Crippen LogP contribution in [0.25, 0.3) is 11.4 Å². The Morgan fingerprint density at radius 3 is 1.88 bits per heavy atom. The van der Waals surface area contributed by atoms with Crippen molar-refractivity contribution in [2.75, 3.05) is 0 Å². The molecule has 0 bridgehead atoms. The zero-order chi connectivity index (χ0) is 11.4. The topological polar surface area (TPSA) is 25.8 Å². The fraction of sp³-hybridized carbons (Fsp3) is 0. The summed E-state index contributed by atoms with van der Waals surface area (Å²) in [6.45, 7) is 0. The van der Waals surface area contributed by atoms with Crippen molar-refractivity contribution in [1.29, 1.82) is 0 Å². The first-order valence-electron chi connectivity index (χ1n) is 4.65. The molecule has 0 saturated carbocycles. The fourth-order valence-corrected chi connectivity index (χ4v) is 1.25. The van der Waals surface area contributed by atoms with Crippen molar-refractivity contribution in [2.45, 2.75) is 0 Å². The van der Waals surface area contributed by atoms with Gasteiger partial charge in [0.2, 0.25) is 0 Å². The Balaban J connectivity index is 2.36. The van der Waals surface area contributed by atoms with Crippen LogP contribution in [0.3, 0.4) is 0 Å². The molecular weight excluding hydrogens is 196 g/mol. The number of pyridine rings is 2. The molecule has 2 nitrogen and oxygen atoms in total. The van der Waals surface area contributed by atoms with Gasteiger partial charge in [-0.25, -0.2) is 0 Å². The summed E-state index contributed by atoms with van der Waals surface area (Å²) < 4.78 is 0. The first-order valence-corrected chi connectivity index (χ1v) is 4.65. The van der Waals surface area contributed by atoms with E-state index in [0.29, 0.717) is 5.56 Å². The van der Waals surface area contributed by atoms with Crippen molar-refractivity contribution in [1.82, 2.24) is 9.97 Å². The van der Waals surface area contributed by atoms with Crippen molar-refractivity contribution >= 4 is 0 Å². The maximum absolute atomic E-state index is 6.94. The Morgan fingerprint density at radius 1 is 0.938 bits per heavy atom. The van der Waals surface area contributed by atoms with Gasteiger partial charge in [-0.05, 0) is 0 Å². The third-order valence-electron chi connectivity index (χ3n) is 2.10. The van der Waals surface area contributed by atoms with E-state index in [1.165, 1.54) is 0 Å². The third-order valence-corrected chi connectivity index (χ3v) is 2.10. The van der Waals surface area contributed by atoms with E-state index in [1.807, 2.05) is 12.1 Å². The van der Waals surface area contributed by atoms with Crippen molar-refractivity contribution in [3.63, 3.8) is 0 Å². The van der Waals surface area contributed by atoms with Gasteiger partial charge in [0.15, 0.2) is 0 Å². The van der Waals surface area contributed by atoms with Gasteiger partial charge in [0, 0.05) is 0 Å². The summed E-state index contributed by atoms with van der Waals surface area (Å²) in [6, 6.07) is 7.22. The summed E-state index contributed by atoms with van der Waals surface area (Å²) in [4.78, 5) is 8.38. The van der Waals surface area contributed by atoms with E-state index in [1.54, 1.807) is 24.5 Å². The van der Waals surface area contributed by atoms with Crippen LogP contribution in [0.4, 0.5) is 0 Å². The molecule has 0 radical (unpaired) electrons. The van der Waals surface area contributed by atoms with E-state index < -0.39 is 0 Å². The molecule has 2 heteroatoms. The molecule has 2 aromatic rings. The Hall–Kier alpha value is -2.36. The Labute approximate surface area is 94.4 Å². The Morgan fingerprint density at radius 2 is 1.50 bits per heavy atom. The van der Waals surface area contributed by atoms with Gasteiger partial charge in [-0.1, -0.05) is 0 Å². The van der Waals surface area contributed by atoms with Gasteiger partial charge >= 0.3 is 93.8 Å². The molecule has 0 N–H and O–H groups in total. The van der Waals surface area contributed by atoms with Gasteiger partial charge in [-0.15, -0.1) is 0 Å². The number of terminal acetylenes is 1. The Bertz CT molecular complexity index is 511. The molecule has 0 atom stereocenters. The van der Waals surface area contributed by atoms with Crippen LogP contribution in [0.2, 0.25) is 0 Å². The van der Waals surface area contributed by atoms with Crippen LogP contribution in [0, 0.1) is 24.7 Å². The molecule has 0 amide bonds. The van der Waals surface area contributed by atoms with E-state index >= 15 is 0 Å². The van der Waals surface area contributed by atoms with Crippen molar-refractivity contribution in [3.05, 3.63) is 54.2 Å². The molecule has 0 fully saturated rings. The molecule has 0 saturated heterocycles. The summed E-state index contributed by atoms with van der Waals surface area (Å²) in [5, 5.41) is 0. The number of hydrogen-bond donors (Lipinski definition) is 0. The number of nitrogens with zero attached hydrogens (tertiary/aromatic N) is 2. The van der Waals surface area contributed by atoms with Crippen LogP contribution in [-0.2, 0) is 0 Å². The minimum absolute atomic E-state index is 0.643. The first-order chi connectivity index (χ1) is 7.83. The predicted octanol–water partition coefficient (Wildman–Crippen LogP) is 2.06. The SMILES string of the molecule is [C+]#Cc1ccc(-c2ccc(C#C)cn2)nc1. The molecule has 2 aromatic heterocycles. The second kappa shape index (κ2) is 4.44. The van der Waals surface area contributed by atoms with E-state index in [0.717, 1.165) is 17.0 Å². The summed E-state index contributed by atoms with van der Waals surface area (Å²) >= 11 is 0. The normalized spacial score (nSPS) is 9.31. The van der Waals surface area contributed by atoms with Gasteiger partial charge in [-0.3, -0.25) is 0 Å². The van der Waals surface area contributed by atoms with Crippen LogP contribution in [-0.4, -0.2) is 9.97 Å². The quantitative estimate of drug-likeness (QED) is 0.523. The molecule has 16 heavy (non-hydrogen) atoms. The molecular formula is C14H7N2+. The summed E-state index contributed by atoms with van der Waals surface area (Å²) in [7, 11) is 0. The first kappa shape index (κ1) is 10.2. The van der Waals surface area contributed by atoms with E-state index in [2.05, 4.69) is 21.8 Å². The van der Waals surface area contributed by atoms with Crippen LogP contribution < -0.4 is 0 Å². The Kier molecular flexibility index (Phi) is 2.82. The van der Waals surface area contributed by atoms with Crippen molar-refractivity contribution in [2.24, 2.45) is 0 Å². The second-order valence-electron chi connectivity index (χ2n) is 3.13. The minimum atomic E-state index is 0.643. The molecule has 2 heterocycles. The summed E-state index contributed by atoms with van der Waals surface area (Å²) in [5.41, 5.74) is 2.90. The third kappa shape index (κ3) is 2.00. The van der Waals surface area contributed by atoms with Gasteiger partial charge in [0.1, 0.15) is 0 Å². The predicted molar refractivity (Wildman–Crippen MR) is 61.6 cm³/mol. The van der Waals surface area contributed by atoms with Gasteiger partial charge < -0.3 is 0 Å². The second-order valence-corrected chi connectivity index (χ2v) is 3.13. The molecule has 0 unspecified atom stereocenters. The number of hydrogen-bond acceptors (Lipinski definition) is 2. The van der Waals surface area contributed by atoms with Crippen LogP contribution >= 0.6 is 0 Å². The van der Waals surface area contributed by atoms with Gasteiger partial charge in [-0.2, -0.15) is 0 Å². The van der Waals surface area contributed by atoms with E-state index in [-0.39, 0.29) is 0 Å². The molecule has 72 valence electrons. The van der Waals surface area contributed by atoms with Crippen LogP contribution in [0.15, 0.2) is 36.7 Å².